The van der Waals surface area contributed by atoms with Crippen LogP contribution in [0.3, 0.4) is 0 Å². The van der Waals surface area contributed by atoms with E-state index in [-0.39, 0.29) is 5.56 Å². The third kappa shape index (κ3) is 2.00. The van der Waals surface area contributed by atoms with Crippen LogP contribution in [-0.2, 0) is 12.3 Å². The molecule has 0 aliphatic rings. The molecule has 1 aromatic heterocycles. The number of hydrogen-bond donors (Lipinski definition) is 0. The quantitative estimate of drug-likeness (QED) is 0.666. The van der Waals surface area contributed by atoms with Crippen LogP contribution in [0.25, 0.3) is 0 Å². The van der Waals surface area contributed by atoms with Gasteiger partial charge >= 0.3 is 0 Å². The normalized spacial score (nSPS) is 11.7. The van der Waals surface area contributed by atoms with Gasteiger partial charge in [-0.3, -0.25) is 4.98 Å². The number of nitrogens with zero attached hydrogens (tertiary/aromatic N) is 1. The van der Waals surface area contributed by atoms with Crippen molar-refractivity contribution in [1.82, 2.24) is 4.98 Å². The molecule has 0 aliphatic heterocycles. The van der Waals surface area contributed by atoms with Crippen molar-refractivity contribution >= 4 is 0 Å². The first kappa shape index (κ1) is 9.10. The second-order valence-electron chi connectivity index (χ2n) is 2.82. The van der Waals surface area contributed by atoms with Crippen molar-refractivity contribution in [3.63, 3.8) is 0 Å². The van der Waals surface area contributed by atoms with Gasteiger partial charge in [-0.1, -0.05) is 6.92 Å². The summed E-state index contributed by atoms with van der Waals surface area (Å²) in [6, 6.07) is 1.49. The molecule has 66 valence electrons. The van der Waals surface area contributed by atoms with Crippen LogP contribution in [0.15, 0.2) is 18.5 Å². The third-order valence-electron chi connectivity index (χ3n) is 1.71. The van der Waals surface area contributed by atoms with Crippen LogP contribution in [0.4, 0.5) is 8.78 Å². The number of aromatic nitrogens is 1. The summed E-state index contributed by atoms with van der Waals surface area (Å²) < 4.78 is 25.5. The highest BCUT2D eigenvalue weighted by Gasteiger charge is 2.24. The molecular formula is C9H11F2N. The molecule has 0 bridgehead atoms. The molecular weight excluding hydrogens is 160 g/mol. The molecule has 1 rings (SSSR count). The molecule has 0 atom stereocenters. The number of alkyl halides is 2. The van der Waals surface area contributed by atoms with Gasteiger partial charge < -0.3 is 0 Å². The predicted molar refractivity (Wildman–Crippen MR) is 43.2 cm³/mol. The minimum Gasteiger partial charge on any atom is -0.264 e. The Hall–Kier alpha value is -0.990. The minimum atomic E-state index is -2.78. The summed E-state index contributed by atoms with van der Waals surface area (Å²) >= 11 is 0. The molecule has 0 aromatic carbocycles. The first-order valence-corrected chi connectivity index (χ1v) is 3.86. The summed E-state index contributed by atoms with van der Waals surface area (Å²) in [5.74, 6) is -2.78. The fraction of sp³-hybridized carbons (Fsp3) is 0.444. The molecule has 0 fully saturated rings. The molecule has 0 aliphatic carbocycles. The van der Waals surface area contributed by atoms with Crippen LogP contribution in [0.2, 0.25) is 0 Å². The van der Waals surface area contributed by atoms with E-state index in [1.807, 2.05) is 6.92 Å². The number of rotatable bonds is 2. The lowest BCUT2D eigenvalue weighted by atomic mass is 10.1. The highest BCUT2D eigenvalue weighted by atomic mass is 19.3. The molecule has 1 heterocycles. The van der Waals surface area contributed by atoms with Gasteiger partial charge in [0.15, 0.2) is 0 Å². The van der Waals surface area contributed by atoms with E-state index < -0.39 is 5.92 Å². The lowest BCUT2D eigenvalue weighted by Gasteiger charge is -2.10. The molecule has 1 aromatic rings. The van der Waals surface area contributed by atoms with Gasteiger partial charge in [-0.25, -0.2) is 8.78 Å². The Morgan fingerprint density at radius 1 is 1.42 bits per heavy atom. The zero-order valence-electron chi connectivity index (χ0n) is 7.14. The number of hydrogen-bond acceptors (Lipinski definition) is 1. The Bertz CT molecular complexity index is 265. The van der Waals surface area contributed by atoms with Gasteiger partial charge in [-0.15, -0.1) is 0 Å². The largest absolute Gasteiger partial charge is 0.272 e. The van der Waals surface area contributed by atoms with Crippen molar-refractivity contribution in [3.05, 3.63) is 29.6 Å². The second kappa shape index (κ2) is 3.17. The first-order chi connectivity index (χ1) is 5.54. The van der Waals surface area contributed by atoms with Gasteiger partial charge in [0.05, 0.1) is 0 Å². The van der Waals surface area contributed by atoms with Crippen molar-refractivity contribution in [2.24, 2.45) is 0 Å². The van der Waals surface area contributed by atoms with E-state index in [9.17, 15) is 8.78 Å². The zero-order valence-corrected chi connectivity index (χ0v) is 7.14. The Labute approximate surface area is 70.4 Å². The van der Waals surface area contributed by atoms with Crippen LogP contribution in [0, 0.1) is 0 Å². The minimum absolute atomic E-state index is 0.0122. The molecule has 1 nitrogen and oxygen atoms in total. The van der Waals surface area contributed by atoms with Gasteiger partial charge in [-0.05, 0) is 18.1 Å². The topological polar surface area (TPSA) is 12.9 Å². The highest BCUT2D eigenvalue weighted by Crippen LogP contribution is 2.26. The number of halogens is 2. The van der Waals surface area contributed by atoms with Crippen molar-refractivity contribution in [2.75, 3.05) is 0 Å². The van der Waals surface area contributed by atoms with Gasteiger partial charge in [0.2, 0.25) is 0 Å². The Morgan fingerprint density at radius 3 is 2.58 bits per heavy atom. The van der Waals surface area contributed by atoms with E-state index in [4.69, 9.17) is 0 Å². The maximum atomic E-state index is 12.7. The number of pyridine rings is 1. The van der Waals surface area contributed by atoms with Crippen LogP contribution >= 0.6 is 0 Å². The fourth-order valence-corrected chi connectivity index (χ4v) is 0.921. The van der Waals surface area contributed by atoms with Crippen molar-refractivity contribution < 1.29 is 8.78 Å². The smallest absolute Gasteiger partial charge is 0.264 e. The van der Waals surface area contributed by atoms with Crippen LogP contribution in [0.1, 0.15) is 25.0 Å². The fourth-order valence-electron chi connectivity index (χ4n) is 0.921. The lowest BCUT2D eigenvalue weighted by Crippen LogP contribution is -2.07. The van der Waals surface area contributed by atoms with Gasteiger partial charge in [0.1, 0.15) is 0 Å². The molecule has 0 amide bonds. The van der Waals surface area contributed by atoms with Crippen molar-refractivity contribution in [2.45, 2.75) is 26.2 Å². The number of aryl methyl sites for hydroxylation is 1. The van der Waals surface area contributed by atoms with E-state index in [0.29, 0.717) is 0 Å². The van der Waals surface area contributed by atoms with E-state index in [1.54, 1.807) is 6.20 Å². The second-order valence-corrected chi connectivity index (χ2v) is 2.82. The van der Waals surface area contributed by atoms with Gasteiger partial charge in [0.25, 0.3) is 5.92 Å². The van der Waals surface area contributed by atoms with Crippen LogP contribution in [0.5, 0.6) is 0 Å². The maximum Gasteiger partial charge on any atom is 0.272 e. The molecule has 0 unspecified atom stereocenters. The Balaban J connectivity index is 3.02. The monoisotopic (exact) mass is 171 g/mol. The molecule has 12 heavy (non-hydrogen) atoms. The standard InChI is InChI=1S/C9H11F2N/c1-3-7-4-8(6-12-5-7)9(2,10)11/h4-6H,3H2,1-2H3. The Morgan fingerprint density at radius 2 is 2.08 bits per heavy atom. The Kier molecular flexibility index (Phi) is 2.40. The SMILES string of the molecule is CCc1cncc(C(C)(F)F)c1. The van der Waals surface area contributed by atoms with Crippen LogP contribution < -0.4 is 0 Å². The molecule has 0 saturated carbocycles. The van der Waals surface area contributed by atoms with E-state index in [2.05, 4.69) is 4.98 Å². The maximum absolute atomic E-state index is 12.7. The summed E-state index contributed by atoms with van der Waals surface area (Å²) in [4.78, 5) is 3.74. The molecule has 0 N–H and O–H groups in total. The first-order valence-electron chi connectivity index (χ1n) is 3.86. The molecule has 0 saturated heterocycles. The van der Waals surface area contributed by atoms with Crippen molar-refractivity contribution in [3.8, 4) is 0 Å². The molecule has 0 radical (unpaired) electrons. The summed E-state index contributed by atoms with van der Waals surface area (Å²) in [5.41, 5.74) is 0.830. The van der Waals surface area contributed by atoms with Gasteiger partial charge in [-0.2, -0.15) is 0 Å². The third-order valence-corrected chi connectivity index (χ3v) is 1.71. The predicted octanol–water partition coefficient (Wildman–Crippen LogP) is 2.76. The van der Waals surface area contributed by atoms with Gasteiger partial charge in [0, 0.05) is 24.9 Å². The lowest BCUT2D eigenvalue weighted by molar-refractivity contribution is 0.0170. The van der Waals surface area contributed by atoms with E-state index in [1.165, 1.54) is 12.3 Å². The summed E-state index contributed by atoms with van der Waals surface area (Å²) in [5, 5.41) is 0. The average molecular weight is 171 g/mol. The summed E-state index contributed by atoms with van der Waals surface area (Å²) in [7, 11) is 0. The summed E-state index contributed by atoms with van der Waals surface area (Å²) in [6.45, 7) is 2.79. The zero-order chi connectivity index (χ0) is 9.19. The van der Waals surface area contributed by atoms with Crippen molar-refractivity contribution in [1.29, 1.82) is 0 Å². The highest BCUT2D eigenvalue weighted by molar-refractivity contribution is 5.21. The summed E-state index contributed by atoms with van der Waals surface area (Å²) in [6.07, 6.45) is 3.55. The molecule has 0 spiro atoms. The van der Waals surface area contributed by atoms with Crippen LogP contribution in [-0.4, -0.2) is 4.98 Å². The van der Waals surface area contributed by atoms with E-state index >= 15 is 0 Å². The van der Waals surface area contributed by atoms with E-state index in [0.717, 1.165) is 18.9 Å². The average Bonchev–Trinajstić information content (AvgIpc) is 2.03. The molecule has 3 heteroatoms.